The molecule has 2 heterocycles. The monoisotopic (exact) mass is 343 g/mol. The molecule has 0 saturated carbocycles. The number of nitrogens with zero attached hydrogens (tertiary/aromatic N) is 1. The first-order chi connectivity index (χ1) is 11.5. The quantitative estimate of drug-likeness (QED) is 0.829. The van der Waals surface area contributed by atoms with Gasteiger partial charge in [0.05, 0.1) is 25.0 Å². The normalized spacial score (nSPS) is 18.0. The fourth-order valence-corrected chi connectivity index (χ4v) is 3.11. The number of thiocarbonyl (C=S) groups is 1. The number of pyridine rings is 1. The number of benzene rings is 1. The first kappa shape index (κ1) is 16.5. The van der Waals surface area contributed by atoms with Crippen molar-refractivity contribution >= 4 is 23.0 Å². The minimum atomic E-state index is -0.291. The molecule has 1 aromatic carbocycles. The second kappa shape index (κ2) is 6.65. The van der Waals surface area contributed by atoms with Crippen LogP contribution in [0, 0.1) is 0 Å². The number of nitrogens with one attached hydrogen (secondary N) is 2. The standard InChI is InChI=1S/C18H21N3O2S/c1-18(2)10-15(14-7-6-13(22-3)9-16(14)23-18)21-17(24)20-12-5-4-8-19-11-12/h4-9,11,15H,10H2,1-3H3,(H2,20,21,24)/t15-/m0/s1. The highest BCUT2D eigenvalue weighted by atomic mass is 32.1. The molecule has 0 aliphatic carbocycles. The predicted octanol–water partition coefficient (Wildman–Crippen LogP) is 3.68. The molecule has 5 nitrogen and oxygen atoms in total. The third-order valence-electron chi connectivity index (χ3n) is 3.90. The highest BCUT2D eigenvalue weighted by molar-refractivity contribution is 7.80. The van der Waals surface area contributed by atoms with Crippen molar-refractivity contribution in [2.24, 2.45) is 0 Å². The zero-order valence-electron chi connectivity index (χ0n) is 14.0. The van der Waals surface area contributed by atoms with Crippen LogP contribution in [0.2, 0.25) is 0 Å². The first-order valence-corrected chi connectivity index (χ1v) is 8.22. The molecule has 126 valence electrons. The highest BCUT2D eigenvalue weighted by Gasteiger charge is 2.34. The molecular formula is C18H21N3O2S. The molecule has 0 saturated heterocycles. The van der Waals surface area contributed by atoms with Gasteiger partial charge in [-0.3, -0.25) is 4.98 Å². The minimum Gasteiger partial charge on any atom is -0.497 e. The van der Waals surface area contributed by atoms with Crippen LogP contribution >= 0.6 is 12.2 Å². The van der Waals surface area contributed by atoms with Crippen LogP contribution < -0.4 is 20.1 Å². The fourth-order valence-electron chi connectivity index (χ4n) is 2.85. The molecule has 0 bridgehead atoms. The second-order valence-corrected chi connectivity index (χ2v) is 6.77. The molecule has 3 rings (SSSR count). The summed E-state index contributed by atoms with van der Waals surface area (Å²) in [4.78, 5) is 4.08. The van der Waals surface area contributed by atoms with E-state index in [0.29, 0.717) is 5.11 Å². The Labute approximate surface area is 147 Å². The van der Waals surface area contributed by atoms with Crippen LogP contribution in [0.15, 0.2) is 42.7 Å². The summed E-state index contributed by atoms with van der Waals surface area (Å²) in [6.45, 7) is 4.14. The lowest BCUT2D eigenvalue weighted by atomic mass is 9.89. The van der Waals surface area contributed by atoms with Crippen LogP contribution in [0.1, 0.15) is 31.9 Å². The van der Waals surface area contributed by atoms with Crippen molar-refractivity contribution in [3.8, 4) is 11.5 Å². The molecular weight excluding hydrogens is 322 g/mol. The van der Waals surface area contributed by atoms with Gasteiger partial charge < -0.3 is 20.1 Å². The van der Waals surface area contributed by atoms with Gasteiger partial charge in [-0.05, 0) is 50.3 Å². The van der Waals surface area contributed by atoms with E-state index in [1.807, 2.05) is 30.3 Å². The molecule has 0 amide bonds. The van der Waals surface area contributed by atoms with Crippen molar-refractivity contribution in [1.29, 1.82) is 0 Å². The molecule has 6 heteroatoms. The Hall–Kier alpha value is -2.34. The molecule has 1 aromatic heterocycles. The third kappa shape index (κ3) is 3.76. The van der Waals surface area contributed by atoms with Crippen molar-refractivity contribution in [3.05, 3.63) is 48.3 Å². The number of ether oxygens (including phenoxy) is 2. The van der Waals surface area contributed by atoms with Crippen LogP contribution in [0.3, 0.4) is 0 Å². The van der Waals surface area contributed by atoms with E-state index in [1.54, 1.807) is 19.5 Å². The Balaban J connectivity index is 1.79. The van der Waals surface area contributed by atoms with Crippen LogP contribution in [-0.4, -0.2) is 22.8 Å². The number of hydrogen-bond donors (Lipinski definition) is 2. The SMILES string of the molecule is COc1ccc2c(c1)OC(C)(C)C[C@@H]2NC(=S)Nc1cccnc1. The van der Waals surface area contributed by atoms with Crippen molar-refractivity contribution in [2.75, 3.05) is 12.4 Å². The first-order valence-electron chi connectivity index (χ1n) is 7.81. The average Bonchev–Trinajstić information content (AvgIpc) is 2.54. The Bertz CT molecular complexity index is 734. The average molecular weight is 343 g/mol. The molecule has 2 N–H and O–H groups in total. The molecule has 0 fully saturated rings. The maximum absolute atomic E-state index is 6.10. The molecule has 0 unspecified atom stereocenters. The largest absolute Gasteiger partial charge is 0.497 e. The van der Waals surface area contributed by atoms with E-state index >= 15 is 0 Å². The maximum atomic E-state index is 6.10. The van der Waals surface area contributed by atoms with E-state index < -0.39 is 0 Å². The van der Waals surface area contributed by atoms with Crippen LogP contribution in [0.5, 0.6) is 11.5 Å². The summed E-state index contributed by atoms with van der Waals surface area (Å²) in [5.41, 5.74) is 1.64. The van der Waals surface area contributed by atoms with E-state index in [2.05, 4.69) is 29.5 Å². The van der Waals surface area contributed by atoms with Crippen molar-refractivity contribution < 1.29 is 9.47 Å². The number of hydrogen-bond acceptors (Lipinski definition) is 4. The zero-order chi connectivity index (χ0) is 17.2. The number of aromatic nitrogens is 1. The van der Waals surface area contributed by atoms with Gasteiger partial charge in [-0.1, -0.05) is 0 Å². The van der Waals surface area contributed by atoms with Crippen LogP contribution in [0.25, 0.3) is 0 Å². The lowest BCUT2D eigenvalue weighted by Gasteiger charge is -2.38. The van der Waals surface area contributed by atoms with Gasteiger partial charge in [-0.25, -0.2) is 0 Å². The summed E-state index contributed by atoms with van der Waals surface area (Å²) < 4.78 is 11.4. The Kier molecular flexibility index (Phi) is 4.57. The van der Waals surface area contributed by atoms with Gasteiger partial charge in [0.2, 0.25) is 0 Å². The van der Waals surface area contributed by atoms with E-state index in [0.717, 1.165) is 29.2 Å². The molecule has 0 radical (unpaired) electrons. The molecule has 24 heavy (non-hydrogen) atoms. The number of rotatable bonds is 3. The minimum absolute atomic E-state index is 0.0614. The maximum Gasteiger partial charge on any atom is 0.171 e. The van der Waals surface area contributed by atoms with E-state index in [1.165, 1.54) is 0 Å². The van der Waals surface area contributed by atoms with Crippen molar-refractivity contribution in [3.63, 3.8) is 0 Å². The van der Waals surface area contributed by atoms with Gasteiger partial charge in [0.1, 0.15) is 17.1 Å². The van der Waals surface area contributed by atoms with E-state index in [9.17, 15) is 0 Å². The van der Waals surface area contributed by atoms with Gasteiger partial charge in [0.15, 0.2) is 5.11 Å². The molecule has 0 spiro atoms. The molecule has 1 atom stereocenters. The summed E-state index contributed by atoms with van der Waals surface area (Å²) in [6, 6.07) is 9.73. The smallest absolute Gasteiger partial charge is 0.171 e. The topological polar surface area (TPSA) is 55.4 Å². The van der Waals surface area contributed by atoms with Crippen LogP contribution in [0.4, 0.5) is 5.69 Å². The Morgan fingerprint density at radius 3 is 2.92 bits per heavy atom. The number of anilines is 1. The summed E-state index contributed by atoms with van der Waals surface area (Å²) in [5, 5.41) is 7.11. The summed E-state index contributed by atoms with van der Waals surface area (Å²) in [7, 11) is 1.65. The summed E-state index contributed by atoms with van der Waals surface area (Å²) in [5.74, 6) is 1.61. The Morgan fingerprint density at radius 2 is 2.21 bits per heavy atom. The lowest BCUT2D eigenvalue weighted by Crippen LogP contribution is -2.42. The third-order valence-corrected chi connectivity index (χ3v) is 4.12. The number of fused-ring (bicyclic) bond motifs is 1. The van der Waals surface area contributed by atoms with Crippen molar-refractivity contribution in [2.45, 2.75) is 31.9 Å². The van der Waals surface area contributed by atoms with Gasteiger partial charge in [-0.2, -0.15) is 0 Å². The van der Waals surface area contributed by atoms with E-state index in [4.69, 9.17) is 21.7 Å². The van der Waals surface area contributed by atoms with Crippen molar-refractivity contribution in [1.82, 2.24) is 10.3 Å². The predicted molar refractivity (Wildman–Crippen MR) is 98.7 cm³/mol. The van der Waals surface area contributed by atoms with Gasteiger partial charge in [0, 0.05) is 24.2 Å². The van der Waals surface area contributed by atoms with E-state index in [-0.39, 0.29) is 11.6 Å². The Morgan fingerprint density at radius 1 is 1.38 bits per heavy atom. The molecule has 1 aliphatic rings. The molecule has 2 aromatic rings. The number of methoxy groups -OCH3 is 1. The zero-order valence-corrected chi connectivity index (χ0v) is 14.8. The summed E-state index contributed by atoms with van der Waals surface area (Å²) >= 11 is 5.45. The summed E-state index contributed by atoms with van der Waals surface area (Å²) in [6.07, 6.45) is 4.27. The van der Waals surface area contributed by atoms with Crippen LogP contribution in [-0.2, 0) is 0 Å². The fraction of sp³-hybridized carbons (Fsp3) is 0.333. The molecule has 1 aliphatic heterocycles. The lowest BCUT2D eigenvalue weighted by molar-refractivity contribution is 0.0693. The van der Waals surface area contributed by atoms with Gasteiger partial charge in [0.25, 0.3) is 0 Å². The van der Waals surface area contributed by atoms with Gasteiger partial charge >= 0.3 is 0 Å². The van der Waals surface area contributed by atoms with Gasteiger partial charge in [-0.15, -0.1) is 0 Å². The second-order valence-electron chi connectivity index (χ2n) is 6.36. The highest BCUT2D eigenvalue weighted by Crippen LogP contribution is 2.41.